The van der Waals surface area contributed by atoms with Crippen molar-refractivity contribution in [1.82, 2.24) is 5.32 Å². The van der Waals surface area contributed by atoms with Crippen LogP contribution in [0.15, 0.2) is 0 Å². The van der Waals surface area contributed by atoms with Crippen molar-refractivity contribution in [2.24, 2.45) is 5.41 Å². The highest BCUT2D eigenvalue weighted by molar-refractivity contribution is 5.45. The Morgan fingerprint density at radius 2 is 2.09 bits per heavy atom. The molecule has 0 radical (unpaired) electrons. The Kier molecular flexibility index (Phi) is 2.92. The average Bonchev–Trinajstić information content (AvgIpc) is 2.03. The Labute approximate surface area is 69.8 Å². The lowest BCUT2D eigenvalue weighted by molar-refractivity contribution is -0.110. The Morgan fingerprint density at radius 3 is 2.64 bits per heavy atom. The van der Waals surface area contributed by atoms with Crippen LogP contribution in [-0.4, -0.2) is 13.0 Å². The second-order valence-electron chi connectivity index (χ2n) is 3.87. The summed E-state index contributed by atoms with van der Waals surface area (Å²) >= 11 is 0. The first-order chi connectivity index (χ1) is 5.27. The van der Waals surface area contributed by atoms with Crippen molar-refractivity contribution < 1.29 is 6.22 Å². The molecule has 0 aromatic carbocycles. The smallest absolute Gasteiger partial charge is 0.207 e. The molecule has 1 aliphatic carbocycles. The number of carbonyl (C=O) groups excluding carboxylic acids is 1. The van der Waals surface area contributed by atoms with Crippen LogP contribution < -0.4 is 5.32 Å². The number of carbonyl (C=O) groups is 1. The molecular formula is C9H19NO. The first kappa shape index (κ1) is 8.57. The van der Waals surface area contributed by atoms with Gasteiger partial charge in [-0.2, -0.15) is 0 Å². The predicted molar refractivity (Wildman–Crippen MR) is 47.4 cm³/mol. The van der Waals surface area contributed by atoms with Crippen molar-refractivity contribution in [1.29, 1.82) is 0 Å². The van der Waals surface area contributed by atoms with E-state index in [4.69, 9.17) is 0 Å². The number of nitrogens with one attached hydrogen (secondary N) is 1. The predicted octanol–water partition coefficient (Wildman–Crippen LogP) is 1.95. The van der Waals surface area contributed by atoms with E-state index in [1.807, 2.05) is 0 Å². The minimum Gasteiger partial charge on any atom is -0.358 e. The van der Waals surface area contributed by atoms with Gasteiger partial charge in [-0.15, -0.1) is 0 Å². The minimum absolute atomic E-state index is 0. The molecule has 0 aromatic heterocycles. The number of hydrogen-bond acceptors (Lipinski definition) is 1. The van der Waals surface area contributed by atoms with E-state index in [-0.39, 0.29) is 1.43 Å². The maximum Gasteiger partial charge on any atom is 0.207 e. The Hall–Kier alpha value is -0.530. The van der Waals surface area contributed by atoms with Gasteiger partial charge in [-0.1, -0.05) is 26.2 Å². The maximum atomic E-state index is 10.1. The zero-order chi connectivity index (χ0) is 8.16. The molecule has 1 rings (SSSR count). The molecular weight excluding hydrogens is 138 g/mol. The highest BCUT2D eigenvalue weighted by atomic mass is 16.1. The third kappa shape index (κ3) is 2.52. The monoisotopic (exact) mass is 157 g/mol. The molecule has 0 spiro atoms. The lowest BCUT2D eigenvalue weighted by atomic mass is 9.76. The van der Waals surface area contributed by atoms with Crippen molar-refractivity contribution in [2.75, 3.05) is 6.54 Å². The van der Waals surface area contributed by atoms with Gasteiger partial charge >= 0.3 is 0 Å². The molecule has 1 saturated carbocycles. The van der Waals surface area contributed by atoms with Crippen LogP contribution >= 0.6 is 0 Å². The number of hydrogen-bond donors (Lipinski definition) is 1. The van der Waals surface area contributed by atoms with Crippen molar-refractivity contribution >= 4 is 6.41 Å². The second-order valence-corrected chi connectivity index (χ2v) is 3.87. The van der Waals surface area contributed by atoms with E-state index in [1.54, 1.807) is 0 Å². The van der Waals surface area contributed by atoms with E-state index in [2.05, 4.69) is 12.2 Å². The van der Waals surface area contributed by atoms with Gasteiger partial charge in [-0.25, -0.2) is 0 Å². The van der Waals surface area contributed by atoms with Gasteiger partial charge in [0.05, 0.1) is 0 Å². The third-order valence-electron chi connectivity index (χ3n) is 2.67. The molecule has 11 heavy (non-hydrogen) atoms. The quantitative estimate of drug-likeness (QED) is 0.623. The fourth-order valence-corrected chi connectivity index (χ4v) is 1.87. The topological polar surface area (TPSA) is 29.1 Å². The molecule has 0 bridgehead atoms. The summed E-state index contributed by atoms with van der Waals surface area (Å²) in [5, 5.41) is 2.78. The van der Waals surface area contributed by atoms with E-state index in [0.29, 0.717) is 5.41 Å². The molecule has 2 heteroatoms. The summed E-state index contributed by atoms with van der Waals surface area (Å²) < 4.78 is 0. The van der Waals surface area contributed by atoms with Crippen LogP contribution in [0.2, 0.25) is 0 Å². The first-order valence-corrected chi connectivity index (χ1v) is 4.44. The van der Waals surface area contributed by atoms with E-state index in [9.17, 15) is 4.79 Å². The van der Waals surface area contributed by atoms with Gasteiger partial charge in [0.15, 0.2) is 0 Å². The van der Waals surface area contributed by atoms with Crippen molar-refractivity contribution in [3.8, 4) is 0 Å². The van der Waals surface area contributed by atoms with E-state index in [1.165, 1.54) is 32.1 Å². The van der Waals surface area contributed by atoms with Crippen LogP contribution in [0.5, 0.6) is 0 Å². The Morgan fingerprint density at radius 1 is 1.45 bits per heavy atom. The summed E-state index contributed by atoms with van der Waals surface area (Å²) in [5.74, 6) is 0. The molecule has 1 N–H and O–H groups in total. The molecule has 1 amide bonds. The molecule has 66 valence electrons. The molecule has 1 aliphatic rings. The van der Waals surface area contributed by atoms with Gasteiger partial charge < -0.3 is 5.32 Å². The van der Waals surface area contributed by atoms with Gasteiger partial charge in [0.2, 0.25) is 6.41 Å². The van der Waals surface area contributed by atoms with Gasteiger partial charge in [-0.05, 0) is 18.3 Å². The van der Waals surface area contributed by atoms with Crippen molar-refractivity contribution in [3.05, 3.63) is 0 Å². The normalized spacial score (nSPS) is 22.6. The van der Waals surface area contributed by atoms with E-state index < -0.39 is 0 Å². The van der Waals surface area contributed by atoms with E-state index in [0.717, 1.165) is 13.0 Å². The largest absolute Gasteiger partial charge is 0.358 e. The number of amides is 1. The van der Waals surface area contributed by atoms with Gasteiger partial charge in [0, 0.05) is 7.97 Å². The standard InChI is InChI=1S/C9H17NO.H2/c1-9(7-10-8-11)5-3-2-4-6-9;/h8H,2-7H2,1H3,(H,10,11);1H. The summed E-state index contributed by atoms with van der Waals surface area (Å²) in [4.78, 5) is 10.1. The van der Waals surface area contributed by atoms with Gasteiger partial charge in [-0.3, -0.25) is 4.79 Å². The Balaban J connectivity index is 0.00000121. The van der Waals surface area contributed by atoms with Crippen molar-refractivity contribution in [2.45, 2.75) is 39.0 Å². The summed E-state index contributed by atoms with van der Waals surface area (Å²) in [6.45, 7) is 3.12. The van der Waals surface area contributed by atoms with Gasteiger partial charge in [0.1, 0.15) is 0 Å². The summed E-state index contributed by atoms with van der Waals surface area (Å²) in [6, 6.07) is 0. The summed E-state index contributed by atoms with van der Waals surface area (Å²) in [5.41, 5.74) is 0.388. The second kappa shape index (κ2) is 3.74. The highest BCUT2D eigenvalue weighted by Crippen LogP contribution is 2.34. The zero-order valence-corrected chi connectivity index (χ0v) is 7.23. The first-order valence-electron chi connectivity index (χ1n) is 4.44. The molecule has 0 aliphatic heterocycles. The minimum atomic E-state index is 0. The summed E-state index contributed by atoms with van der Waals surface area (Å²) in [6.07, 6.45) is 7.38. The number of rotatable bonds is 3. The van der Waals surface area contributed by atoms with Crippen LogP contribution in [-0.2, 0) is 4.79 Å². The lowest BCUT2D eigenvalue weighted by Gasteiger charge is -2.32. The molecule has 0 saturated heterocycles. The molecule has 1 fully saturated rings. The third-order valence-corrected chi connectivity index (χ3v) is 2.67. The SMILES string of the molecule is CC1(CNC=O)CCCCC1.[HH]. The van der Waals surface area contributed by atoms with Gasteiger partial charge in [0.25, 0.3) is 0 Å². The highest BCUT2D eigenvalue weighted by Gasteiger charge is 2.25. The molecule has 0 atom stereocenters. The fraction of sp³-hybridized carbons (Fsp3) is 0.889. The van der Waals surface area contributed by atoms with Crippen LogP contribution in [0.3, 0.4) is 0 Å². The van der Waals surface area contributed by atoms with Crippen LogP contribution in [0.1, 0.15) is 40.5 Å². The van der Waals surface area contributed by atoms with Crippen LogP contribution in [0.4, 0.5) is 0 Å². The van der Waals surface area contributed by atoms with E-state index >= 15 is 0 Å². The molecule has 0 unspecified atom stereocenters. The van der Waals surface area contributed by atoms with Crippen LogP contribution in [0.25, 0.3) is 0 Å². The molecule has 0 heterocycles. The average molecular weight is 157 g/mol. The van der Waals surface area contributed by atoms with Crippen LogP contribution in [0, 0.1) is 5.41 Å². The molecule has 2 nitrogen and oxygen atoms in total. The lowest BCUT2D eigenvalue weighted by Crippen LogP contribution is -2.32. The molecule has 0 aromatic rings. The van der Waals surface area contributed by atoms with Crippen molar-refractivity contribution in [3.63, 3.8) is 0 Å². The fourth-order valence-electron chi connectivity index (χ4n) is 1.87. The summed E-state index contributed by atoms with van der Waals surface area (Å²) in [7, 11) is 0. The maximum absolute atomic E-state index is 10.1. The zero-order valence-electron chi connectivity index (χ0n) is 7.23. The Bertz CT molecular complexity index is 132.